The van der Waals surface area contributed by atoms with Crippen LogP contribution in [0.2, 0.25) is 5.02 Å². The molecule has 4 N–H and O–H groups in total. The van der Waals surface area contributed by atoms with Crippen LogP contribution in [0, 0.1) is 0 Å². The van der Waals surface area contributed by atoms with Crippen molar-refractivity contribution >= 4 is 44.6 Å². The fourth-order valence-electron chi connectivity index (χ4n) is 1.19. The molecule has 0 bridgehead atoms. The Balaban J connectivity index is 2.89. The molecular formula is C9H12ClN3O3S2. The van der Waals surface area contributed by atoms with Crippen molar-refractivity contribution in [1.29, 1.82) is 0 Å². The molecule has 0 atom stereocenters. The SMILES string of the molecule is CS(=O)(=O)Nc1ccc(CN(O)C(N)=S)cc1Cl. The summed E-state index contributed by atoms with van der Waals surface area (Å²) >= 11 is 10.5. The molecule has 0 amide bonds. The van der Waals surface area contributed by atoms with E-state index in [4.69, 9.17) is 17.3 Å². The lowest BCUT2D eigenvalue weighted by atomic mass is 10.2. The lowest BCUT2D eigenvalue weighted by Crippen LogP contribution is -2.31. The number of nitrogens with one attached hydrogen (secondary N) is 1. The third-order valence-corrected chi connectivity index (χ3v) is 3.03. The first kappa shape index (κ1) is 15.0. The molecule has 1 aromatic rings. The van der Waals surface area contributed by atoms with Gasteiger partial charge in [-0.1, -0.05) is 17.7 Å². The van der Waals surface area contributed by atoms with Crippen molar-refractivity contribution in [2.45, 2.75) is 6.54 Å². The molecule has 0 heterocycles. The number of thiocarbonyl (C=S) groups is 1. The normalized spacial score (nSPS) is 11.1. The van der Waals surface area contributed by atoms with Gasteiger partial charge in [-0.2, -0.15) is 0 Å². The molecule has 9 heteroatoms. The number of nitrogens with two attached hydrogens (primary N) is 1. The Morgan fingerprint density at radius 3 is 2.67 bits per heavy atom. The van der Waals surface area contributed by atoms with Crippen LogP contribution in [0.15, 0.2) is 18.2 Å². The maximum atomic E-state index is 11.1. The summed E-state index contributed by atoms with van der Waals surface area (Å²) in [5.41, 5.74) is 6.12. The number of benzene rings is 1. The summed E-state index contributed by atoms with van der Waals surface area (Å²) in [4.78, 5) is 0. The van der Waals surface area contributed by atoms with Gasteiger partial charge in [0.1, 0.15) is 0 Å². The standard InChI is InChI=1S/C9H12ClN3O3S2/c1-18(15,16)12-8-3-2-6(4-7(8)10)5-13(14)9(11)17/h2-4,12,14H,5H2,1H3,(H2,11,17). The van der Waals surface area contributed by atoms with Gasteiger partial charge in [0.2, 0.25) is 10.0 Å². The summed E-state index contributed by atoms with van der Waals surface area (Å²) < 4.78 is 24.4. The summed E-state index contributed by atoms with van der Waals surface area (Å²) in [6.07, 6.45) is 1.03. The van der Waals surface area contributed by atoms with Gasteiger partial charge in [0.15, 0.2) is 5.11 Å². The van der Waals surface area contributed by atoms with E-state index in [1.54, 1.807) is 6.07 Å². The van der Waals surface area contributed by atoms with E-state index in [1.807, 2.05) is 0 Å². The molecule has 1 aromatic carbocycles. The molecule has 0 aromatic heterocycles. The quantitative estimate of drug-likeness (QED) is 0.570. The Kier molecular flexibility index (Phi) is 4.74. The summed E-state index contributed by atoms with van der Waals surface area (Å²) in [6, 6.07) is 4.60. The molecule has 1 rings (SSSR count). The lowest BCUT2D eigenvalue weighted by molar-refractivity contribution is -0.0211. The van der Waals surface area contributed by atoms with Gasteiger partial charge in [-0.25, -0.2) is 13.5 Å². The van der Waals surface area contributed by atoms with Crippen LogP contribution in [-0.2, 0) is 16.6 Å². The minimum absolute atomic E-state index is 0.0637. The van der Waals surface area contributed by atoms with Gasteiger partial charge < -0.3 is 5.73 Å². The van der Waals surface area contributed by atoms with E-state index in [0.29, 0.717) is 10.6 Å². The molecule has 0 saturated heterocycles. The summed E-state index contributed by atoms with van der Waals surface area (Å²) in [5, 5.41) is 10.1. The maximum Gasteiger partial charge on any atom is 0.229 e. The minimum Gasteiger partial charge on any atom is -0.374 e. The zero-order valence-corrected chi connectivity index (χ0v) is 11.8. The van der Waals surface area contributed by atoms with E-state index < -0.39 is 10.0 Å². The second-order valence-corrected chi connectivity index (χ2v) is 6.16. The Labute approximate surface area is 115 Å². The van der Waals surface area contributed by atoms with Crippen molar-refractivity contribution in [3.63, 3.8) is 0 Å². The third-order valence-electron chi connectivity index (χ3n) is 1.92. The molecule has 0 aliphatic rings. The van der Waals surface area contributed by atoms with Gasteiger partial charge >= 0.3 is 0 Å². The first-order valence-corrected chi connectivity index (χ1v) is 7.39. The zero-order chi connectivity index (χ0) is 13.9. The maximum absolute atomic E-state index is 11.1. The van der Waals surface area contributed by atoms with E-state index in [1.165, 1.54) is 12.1 Å². The number of nitrogens with zero attached hydrogens (tertiary/aromatic N) is 1. The van der Waals surface area contributed by atoms with Crippen LogP contribution in [-0.4, -0.2) is 30.1 Å². The highest BCUT2D eigenvalue weighted by Gasteiger charge is 2.09. The van der Waals surface area contributed by atoms with Crippen molar-refractivity contribution in [1.82, 2.24) is 5.06 Å². The van der Waals surface area contributed by atoms with Crippen LogP contribution in [0.3, 0.4) is 0 Å². The summed E-state index contributed by atoms with van der Waals surface area (Å²) in [5.74, 6) is 0. The largest absolute Gasteiger partial charge is 0.374 e. The van der Waals surface area contributed by atoms with Crippen LogP contribution in [0.5, 0.6) is 0 Å². The summed E-state index contributed by atoms with van der Waals surface area (Å²) in [6.45, 7) is 0.0637. The van der Waals surface area contributed by atoms with Crippen molar-refractivity contribution in [2.24, 2.45) is 5.73 Å². The average molecular weight is 310 g/mol. The van der Waals surface area contributed by atoms with Gasteiger partial charge in [0, 0.05) is 0 Å². The smallest absolute Gasteiger partial charge is 0.229 e. The molecule has 0 aliphatic heterocycles. The predicted molar refractivity (Wildman–Crippen MR) is 74.0 cm³/mol. The number of halogens is 1. The highest BCUT2D eigenvalue weighted by Crippen LogP contribution is 2.24. The Hall–Kier alpha value is -1.09. The first-order valence-electron chi connectivity index (χ1n) is 4.71. The van der Waals surface area contributed by atoms with Crippen LogP contribution in [0.1, 0.15) is 5.56 Å². The summed E-state index contributed by atoms with van der Waals surface area (Å²) in [7, 11) is -3.38. The van der Waals surface area contributed by atoms with Crippen molar-refractivity contribution in [3.8, 4) is 0 Å². The molecule has 0 saturated carbocycles. The molecule has 0 aliphatic carbocycles. The highest BCUT2D eigenvalue weighted by atomic mass is 35.5. The van der Waals surface area contributed by atoms with Gasteiger partial charge in [0.25, 0.3) is 0 Å². The van der Waals surface area contributed by atoms with E-state index in [-0.39, 0.29) is 22.4 Å². The number of rotatable bonds is 4. The van der Waals surface area contributed by atoms with Crippen LogP contribution < -0.4 is 10.5 Å². The van der Waals surface area contributed by atoms with Gasteiger partial charge in [-0.15, -0.1) is 0 Å². The topological polar surface area (TPSA) is 95.7 Å². The van der Waals surface area contributed by atoms with Crippen LogP contribution >= 0.6 is 23.8 Å². The highest BCUT2D eigenvalue weighted by molar-refractivity contribution is 7.92. The van der Waals surface area contributed by atoms with Gasteiger partial charge in [0.05, 0.1) is 23.5 Å². The second-order valence-electron chi connectivity index (χ2n) is 3.58. The number of hydroxylamine groups is 2. The Bertz CT molecular complexity index is 562. The molecule has 100 valence electrons. The minimum atomic E-state index is -3.38. The lowest BCUT2D eigenvalue weighted by Gasteiger charge is -2.15. The fourth-order valence-corrected chi connectivity index (χ4v) is 2.14. The van der Waals surface area contributed by atoms with E-state index in [0.717, 1.165) is 6.26 Å². The third kappa shape index (κ3) is 4.65. The predicted octanol–water partition coefficient (Wildman–Crippen LogP) is 1.15. The van der Waals surface area contributed by atoms with Crippen LogP contribution in [0.25, 0.3) is 0 Å². The molecule has 0 spiro atoms. The second kappa shape index (κ2) is 5.70. The average Bonchev–Trinajstić information content (AvgIpc) is 2.20. The van der Waals surface area contributed by atoms with E-state index >= 15 is 0 Å². The fraction of sp³-hybridized carbons (Fsp3) is 0.222. The van der Waals surface area contributed by atoms with Crippen LogP contribution in [0.4, 0.5) is 5.69 Å². The molecule has 6 nitrogen and oxygen atoms in total. The monoisotopic (exact) mass is 309 g/mol. The van der Waals surface area contributed by atoms with E-state index in [9.17, 15) is 13.6 Å². The van der Waals surface area contributed by atoms with Gasteiger partial charge in [-0.3, -0.25) is 9.93 Å². The Morgan fingerprint density at radius 2 is 2.22 bits per heavy atom. The van der Waals surface area contributed by atoms with Gasteiger partial charge in [-0.05, 0) is 29.9 Å². The van der Waals surface area contributed by atoms with Crippen molar-refractivity contribution in [2.75, 3.05) is 11.0 Å². The first-order chi connectivity index (χ1) is 8.19. The van der Waals surface area contributed by atoms with Crippen molar-refractivity contribution in [3.05, 3.63) is 28.8 Å². The van der Waals surface area contributed by atoms with Crippen molar-refractivity contribution < 1.29 is 13.6 Å². The zero-order valence-electron chi connectivity index (χ0n) is 9.42. The number of anilines is 1. The molecule has 0 unspecified atom stereocenters. The van der Waals surface area contributed by atoms with E-state index in [2.05, 4.69) is 16.9 Å². The number of hydrogen-bond acceptors (Lipinski definition) is 4. The molecule has 18 heavy (non-hydrogen) atoms. The number of hydrogen-bond donors (Lipinski definition) is 3. The molecular weight excluding hydrogens is 298 g/mol. The molecule has 0 fully saturated rings. The Morgan fingerprint density at radius 1 is 1.61 bits per heavy atom. The molecule has 0 radical (unpaired) electrons. The number of sulfonamides is 1.